The summed E-state index contributed by atoms with van der Waals surface area (Å²) in [6.07, 6.45) is 0. The molecule has 6 nitrogen and oxygen atoms in total. The van der Waals surface area contributed by atoms with Gasteiger partial charge in [-0.05, 0) is 19.1 Å². The lowest BCUT2D eigenvalue weighted by Gasteiger charge is -2.08. The van der Waals surface area contributed by atoms with Crippen LogP contribution in [0.4, 0.5) is 4.79 Å². The molecule has 1 aromatic rings. The van der Waals surface area contributed by atoms with Gasteiger partial charge in [0.05, 0.1) is 6.54 Å². The van der Waals surface area contributed by atoms with E-state index in [0.29, 0.717) is 11.5 Å². The number of hydrogen-bond acceptors (Lipinski definition) is 4. The Morgan fingerprint density at radius 2 is 2.07 bits per heavy atom. The van der Waals surface area contributed by atoms with Crippen molar-refractivity contribution in [2.75, 3.05) is 0 Å². The highest BCUT2D eigenvalue weighted by molar-refractivity contribution is 6.44. The molecular weight excluding hydrogens is 200 g/mol. The number of rotatable bonds is 2. The van der Waals surface area contributed by atoms with E-state index in [2.05, 4.69) is 0 Å². The van der Waals surface area contributed by atoms with Gasteiger partial charge in [-0.3, -0.25) is 14.9 Å². The molecular formula is C9H8N2O4. The van der Waals surface area contributed by atoms with Gasteiger partial charge in [-0.15, -0.1) is 0 Å². The Hall–Kier alpha value is -2.11. The van der Waals surface area contributed by atoms with E-state index in [0.717, 1.165) is 4.90 Å². The summed E-state index contributed by atoms with van der Waals surface area (Å²) in [6.45, 7) is 1.73. The molecule has 0 bridgehead atoms. The molecule has 2 heterocycles. The van der Waals surface area contributed by atoms with Crippen LogP contribution in [0.2, 0.25) is 0 Å². The van der Waals surface area contributed by atoms with E-state index < -0.39 is 17.8 Å². The Balaban J connectivity index is 2.16. The van der Waals surface area contributed by atoms with Crippen LogP contribution in [0.25, 0.3) is 0 Å². The van der Waals surface area contributed by atoms with E-state index in [1.165, 1.54) is 0 Å². The Bertz CT molecular complexity index is 449. The maximum Gasteiger partial charge on any atom is 0.331 e. The number of carbonyl (C=O) groups excluding carboxylic acids is 3. The number of imide groups is 2. The third-order valence-corrected chi connectivity index (χ3v) is 2.01. The van der Waals surface area contributed by atoms with Gasteiger partial charge in [-0.2, -0.15) is 0 Å². The van der Waals surface area contributed by atoms with Gasteiger partial charge < -0.3 is 4.42 Å². The van der Waals surface area contributed by atoms with Gasteiger partial charge in [0, 0.05) is 0 Å². The minimum atomic E-state index is -0.900. The highest BCUT2D eigenvalue weighted by Gasteiger charge is 2.37. The van der Waals surface area contributed by atoms with Gasteiger partial charge in [0.25, 0.3) is 0 Å². The molecule has 1 aliphatic rings. The molecule has 4 amide bonds. The fourth-order valence-corrected chi connectivity index (χ4v) is 1.30. The average molecular weight is 208 g/mol. The summed E-state index contributed by atoms with van der Waals surface area (Å²) >= 11 is 0. The lowest BCUT2D eigenvalue weighted by molar-refractivity contribution is -0.140. The Morgan fingerprint density at radius 1 is 1.33 bits per heavy atom. The first-order valence-corrected chi connectivity index (χ1v) is 4.30. The molecule has 1 aliphatic heterocycles. The number of hydrogen-bond donors (Lipinski definition) is 1. The summed E-state index contributed by atoms with van der Waals surface area (Å²) in [6, 6.07) is 2.66. The standard InChI is InChI=1S/C9H8N2O4/c1-5-2-3-6(15-5)4-11-8(13)7(12)10-9(11)14/h2-3H,4H2,1H3,(H,10,12,14). The van der Waals surface area contributed by atoms with Crippen molar-refractivity contribution in [1.82, 2.24) is 10.2 Å². The van der Waals surface area contributed by atoms with Crippen molar-refractivity contribution < 1.29 is 18.8 Å². The molecule has 0 radical (unpaired) electrons. The topological polar surface area (TPSA) is 79.6 Å². The summed E-state index contributed by atoms with van der Waals surface area (Å²) in [7, 11) is 0. The molecule has 1 aromatic heterocycles. The second kappa shape index (κ2) is 3.23. The number of aryl methyl sites for hydroxylation is 1. The third kappa shape index (κ3) is 1.61. The van der Waals surface area contributed by atoms with Crippen LogP contribution in [-0.4, -0.2) is 22.7 Å². The first-order chi connectivity index (χ1) is 7.08. The predicted octanol–water partition coefficient (Wildman–Crippen LogP) is 0.166. The van der Waals surface area contributed by atoms with E-state index in [4.69, 9.17) is 4.42 Å². The smallest absolute Gasteiger partial charge is 0.331 e. The Morgan fingerprint density at radius 3 is 2.53 bits per heavy atom. The normalized spacial score (nSPS) is 16.1. The van der Waals surface area contributed by atoms with Gasteiger partial charge in [0.2, 0.25) is 0 Å². The molecule has 0 atom stereocenters. The highest BCUT2D eigenvalue weighted by atomic mass is 16.3. The average Bonchev–Trinajstić information content (AvgIpc) is 2.67. The van der Waals surface area contributed by atoms with Crippen LogP contribution in [0.1, 0.15) is 11.5 Å². The lowest BCUT2D eigenvalue weighted by Crippen LogP contribution is -2.30. The van der Waals surface area contributed by atoms with Gasteiger partial charge in [-0.1, -0.05) is 0 Å². The fraction of sp³-hybridized carbons (Fsp3) is 0.222. The van der Waals surface area contributed by atoms with Crippen LogP contribution >= 0.6 is 0 Å². The summed E-state index contributed by atoms with van der Waals surface area (Å²) in [4.78, 5) is 34.0. The molecule has 0 saturated carbocycles. The number of furan rings is 1. The SMILES string of the molecule is Cc1ccc(CN2C(=O)NC(=O)C2=O)o1. The maximum atomic E-state index is 11.2. The monoisotopic (exact) mass is 208 g/mol. The van der Waals surface area contributed by atoms with E-state index in [1.54, 1.807) is 19.1 Å². The molecule has 15 heavy (non-hydrogen) atoms. The second-order valence-electron chi connectivity index (χ2n) is 3.16. The summed E-state index contributed by atoms with van der Waals surface area (Å²) < 4.78 is 5.19. The van der Waals surface area contributed by atoms with E-state index in [9.17, 15) is 14.4 Å². The van der Waals surface area contributed by atoms with Crippen LogP contribution in [0.3, 0.4) is 0 Å². The van der Waals surface area contributed by atoms with E-state index in [-0.39, 0.29) is 6.54 Å². The van der Waals surface area contributed by atoms with Crippen molar-refractivity contribution in [3.05, 3.63) is 23.7 Å². The van der Waals surface area contributed by atoms with Crippen molar-refractivity contribution in [2.24, 2.45) is 0 Å². The van der Waals surface area contributed by atoms with Crippen molar-refractivity contribution in [2.45, 2.75) is 13.5 Å². The highest BCUT2D eigenvalue weighted by Crippen LogP contribution is 2.12. The van der Waals surface area contributed by atoms with E-state index in [1.807, 2.05) is 5.32 Å². The molecule has 78 valence electrons. The first kappa shape index (κ1) is 9.45. The van der Waals surface area contributed by atoms with Crippen LogP contribution in [0.5, 0.6) is 0 Å². The van der Waals surface area contributed by atoms with Gasteiger partial charge in [0.1, 0.15) is 11.5 Å². The zero-order valence-electron chi connectivity index (χ0n) is 7.94. The predicted molar refractivity (Wildman–Crippen MR) is 47.5 cm³/mol. The van der Waals surface area contributed by atoms with E-state index >= 15 is 0 Å². The van der Waals surface area contributed by atoms with Gasteiger partial charge >= 0.3 is 17.8 Å². The van der Waals surface area contributed by atoms with Gasteiger partial charge in [0.15, 0.2) is 0 Å². The van der Waals surface area contributed by atoms with Crippen molar-refractivity contribution in [3.63, 3.8) is 0 Å². The molecule has 2 rings (SSSR count). The van der Waals surface area contributed by atoms with Crippen LogP contribution in [0, 0.1) is 6.92 Å². The van der Waals surface area contributed by atoms with Crippen molar-refractivity contribution in [1.29, 1.82) is 0 Å². The second-order valence-corrected chi connectivity index (χ2v) is 3.16. The van der Waals surface area contributed by atoms with Crippen molar-refractivity contribution in [3.8, 4) is 0 Å². The minimum Gasteiger partial charge on any atom is -0.464 e. The zero-order chi connectivity index (χ0) is 11.0. The summed E-state index contributed by atoms with van der Waals surface area (Å²) in [5, 5.41) is 1.90. The zero-order valence-corrected chi connectivity index (χ0v) is 7.94. The quantitative estimate of drug-likeness (QED) is 0.554. The van der Waals surface area contributed by atoms with Crippen molar-refractivity contribution >= 4 is 17.8 Å². The van der Waals surface area contributed by atoms with Crippen LogP contribution < -0.4 is 5.32 Å². The summed E-state index contributed by atoms with van der Waals surface area (Å²) in [5.74, 6) is -0.605. The first-order valence-electron chi connectivity index (χ1n) is 4.30. The maximum absolute atomic E-state index is 11.2. The van der Waals surface area contributed by atoms with Crippen LogP contribution in [-0.2, 0) is 16.1 Å². The Kier molecular flexibility index (Phi) is 2.03. The molecule has 0 aliphatic carbocycles. The molecule has 1 N–H and O–H groups in total. The minimum absolute atomic E-state index is 0.0236. The summed E-state index contributed by atoms with van der Waals surface area (Å²) in [5.41, 5.74) is 0. The number of carbonyl (C=O) groups is 3. The molecule has 1 fully saturated rings. The fourth-order valence-electron chi connectivity index (χ4n) is 1.30. The molecule has 0 unspecified atom stereocenters. The van der Waals surface area contributed by atoms with Gasteiger partial charge in [-0.25, -0.2) is 9.69 Å². The Labute approximate surface area is 84.8 Å². The third-order valence-electron chi connectivity index (χ3n) is 2.01. The van der Waals surface area contributed by atoms with Crippen LogP contribution in [0.15, 0.2) is 16.5 Å². The number of urea groups is 1. The molecule has 0 aromatic carbocycles. The number of nitrogens with zero attached hydrogens (tertiary/aromatic N) is 1. The molecule has 6 heteroatoms. The molecule has 1 saturated heterocycles. The largest absolute Gasteiger partial charge is 0.464 e. The number of amides is 4. The number of nitrogens with one attached hydrogen (secondary N) is 1. The lowest BCUT2D eigenvalue weighted by atomic mass is 10.4. The molecule has 0 spiro atoms.